The van der Waals surface area contributed by atoms with Crippen LogP contribution in [0.1, 0.15) is 13.8 Å². The summed E-state index contributed by atoms with van der Waals surface area (Å²) in [7, 11) is 0. The van der Waals surface area contributed by atoms with Gasteiger partial charge in [-0.05, 0) is 24.9 Å². The molecule has 3 heteroatoms. The maximum Gasteiger partial charge on any atom is 0.0594 e. The smallest absolute Gasteiger partial charge is 0.0594 e. The number of rotatable bonds is 1. The Balaban J connectivity index is 1.97. The Morgan fingerprint density at radius 3 is 2.21 bits per heavy atom. The van der Waals surface area contributed by atoms with Crippen LogP contribution in [0.15, 0.2) is 0 Å². The second-order valence-electron chi connectivity index (χ2n) is 4.75. The summed E-state index contributed by atoms with van der Waals surface area (Å²) in [5, 5.41) is 3.50. The van der Waals surface area contributed by atoms with E-state index >= 15 is 0 Å². The monoisotopic (exact) mass is 198 g/mol. The highest BCUT2D eigenvalue weighted by Crippen LogP contribution is 2.23. The molecule has 0 aliphatic carbocycles. The molecule has 1 N–H and O–H groups in total. The van der Waals surface area contributed by atoms with Gasteiger partial charge in [-0.2, -0.15) is 0 Å². The van der Waals surface area contributed by atoms with Gasteiger partial charge >= 0.3 is 0 Å². The fourth-order valence-electron chi connectivity index (χ4n) is 2.94. The summed E-state index contributed by atoms with van der Waals surface area (Å²) in [5.74, 6) is 1.55. The molecule has 0 radical (unpaired) electrons. The Labute approximate surface area is 86.8 Å². The second kappa shape index (κ2) is 4.60. The summed E-state index contributed by atoms with van der Waals surface area (Å²) in [6.07, 6.45) is 0. The van der Waals surface area contributed by atoms with Gasteiger partial charge in [-0.3, -0.25) is 4.90 Å². The van der Waals surface area contributed by atoms with Crippen LogP contribution in [0.4, 0.5) is 0 Å². The summed E-state index contributed by atoms with van der Waals surface area (Å²) in [6.45, 7) is 11.2. The zero-order chi connectivity index (χ0) is 9.97. The van der Waals surface area contributed by atoms with E-state index in [1.807, 2.05) is 0 Å². The van der Waals surface area contributed by atoms with Gasteiger partial charge in [0.2, 0.25) is 0 Å². The van der Waals surface area contributed by atoms with Crippen LogP contribution in [0.25, 0.3) is 0 Å². The molecule has 0 aromatic carbocycles. The van der Waals surface area contributed by atoms with Crippen LogP contribution in [0, 0.1) is 11.8 Å². The van der Waals surface area contributed by atoms with Crippen molar-refractivity contribution in [3.63, 3.8) is 0 Å². The summed E-state index contributed by atoms with van der Waals surface area (Å²) >= 11 is 0. The first kappa shape index (κ1) is 10.4. The standard InChI is InChI=1S/C11H22N2O/c1-9-7-12-8-10(2)11(9)13-3-5-14-6-4-13/h9-12H,3-8H2,1-2H3. The molecule has 2 aliphatic heterocycles. The minimum Gasteiger partial charge on any atom is -0.379 e. The van der Waals surface area contributed by atoms with E-state index < -0.39 is 0 Å². The van der Waals surface area contributed by atoms with E-state index in [1.165, 1.54) is 13.1 Å². The Bertz CT molecular complexity index is 170. The molecule has 2 fully saturated rings. The minimum atomic E-state index is 0.764. The van der Waals surface area contributed by atoms with Gasteiger partial charge in [-0.15, -0.1) is 0 Å². The lowest BCUT2D eigenvalue weighted by Gasteiger charge is -2.44. The summed E-state index contributed by atoms with van der Waals surface area (Å²) < 4.78 is 5.40. The summed E-state index contributed by atoms with van der Waals surface area (Å²) in [4.78, 5) is 2.62. The predicted octanol–water partition coefficient (Wildman–Crippen LogP) is 0.563. The topological polar surface area (TPSA) is 24.5 Å². The van der Waals surface area contributed by atoms with Crippen molar-refractivity contribution in [2.45, 2.75) is 19.9 Å². The molecule has 0 saturated carbocycles. The molecular weight excluding hydrogens is 176 g/mol. The fraction of sp³-hybridized carbons (Fsp3) is 1.00. The molecule has 2 aliphatic rings. The van der Waals surface area contributed by atoms with Gasteiger partial charge in [0.1, 0.15) is 0 Å². The first-order valence-corrected chi connectivity index (χ1v) is 5.81. The number of ether oxygens (including phenoxy) is 1. The average molecular weight is 198 g/mol. The van der Waals surface area contributed by atoms with Gasteiger partial charge in [0, 0.05) is 19.1 Å². The third kappa shape index (κ3) is 2.10. The first-order valence-electron chi connectivity index (χ1n) is 5.81. The molecule has 0 aromatic rings. The molecule has 14 heavy (non-hydrogen) atoms. The fourth-order valence-corrected chi connectivity index (χ4v) is 2.94. The molecular formula is C11H22N2O. The molecule has 2 unspecified atom stereocenters. The molecule has 2 saturated heterocycles. The molecule has 0 aromatic heterocycles. The highest BCUT2D eigenvalue weighted by Gasteiger charge is 2.32. The van der Waals surface area contributed by atoms with Crippen LogP contribution in [0.5, 0.6) is 0 Å². The Hall–Kier alpha value is -0.120. The van der Waals surface area contributed by atoms with Crippen LogP contribution < -0.4 is 5.32 Å². The number of nitrogens with one attached hydrogen (secondary N) is 1. The van der Waals surface area contributed by atoms with Crippen molar-refractivity contribution in [3.8, 4) is 0 Å². The van der Waals surface area contributed by atoms with Crippen molar-refractivity contribution in [1.29, 1.82) is 0 Å². The SMILES string of the molecule is CC1CNCC(C)C1N1CCOCC1. The largest absolute Gasteiger partial charge is 0.379 e. The van der Waals surface area contributed by atoms with Crippen LogP contribution in [0.3, 0.4) is 0 Å². The van der Waals surface area contributed by atoms with Gasteiger partial charge in [0.05, 0.1) is 13.2 Å². The van der Waals surface area contributed by atoms with E-state index in [1.54, 1.807) is 0 Å². The van der Waals surface area contributed by atoms with Crippen LogP contribution >= 0.6 is 0 Å². The first-order chi connectivity index (χ1) is 6.79. The minimum absolute atomic E-state index is 0.764. The lowest BCUT2D eigenvalue weighted by Crippen LogP contribution is -2.56. The highest BCUT2D eigenvalue weighted by atomic mass is 16.5. The van der Waals surface area contributed by atoms with Gasteiger partial charge in [0.15, 0.2) is 0 Å². The van der Waals surface area contributed by atoms with Crippen molar-refractivity contribution in [1.82, 2.24) is 10.2 Å². The third-order valence-corrected chi connectivity index (χ3v) is 3.57. The Morgan fingerprint density at radius 1 is 1.07 bits per heavy atom. The van der Waals surface area contributed by atoms with E-state index in [0.29, 0.717) is 0 Å². The van der Waals surface area contributed by atoms with Crippen LogP contribution in [-0.2, 0) is 4.74 Å². The second-order valence-corrected chi connectivity index (χ2v) is 4.75. The summed E-state index contributed by atoms with van der Waals surface area (Å²) in [5.41, 5.74) is 0. The van der Waals surface area contributed by atoms with Gasteiger partial charge < -0.3 is 10.1 Å². The van der Waals surface area contributed by atoms with E-state index in [-0.39, 0.29) is 0 Å². The Kier molecular flexibility index (Phi) is 3.42. The molecule has 0 spiro atoms. The summed E-state index contributed by atoms with van der Waals surface area (Å²) in [6, 6.07) is 0.764. The molecule has 0 amide bonds. The zero-order valence-corrected chi connectivity index (χ0v) is 9.33. The van der Waals surface area contributed by atoms with E-state index in [2.05, 4.69) is 24.1 Å². The van der Waals surface area contributed by atoms with Crippen molar-refractivity contribution >= 4 is 0 Å². The maximum atomic E-state index is 5.40. The van der Waals surface area contributed by atoms with E-state index in [9.17, 15) is 0 Å². The van der Waals surface area contributed by atoms with Crippen LogP contribution in [0.2, 0.25) is 0 Å². The van der Waals surface area contributed by atoms with Crippen LogP contribution in [-0.4, -0.2) is 50.3 Å². The van der Waals surface area contributed by atoms with Crippen molar-refractivity contribution in [2.24, 2.45) is 11.8 Å². The van der Waals surface area contributed by atoms with Gasteiger partial charge in [-0.25, -0.2) is 0 Å². The molecule has 2 rings (SSSR count). The lowest BCUT2D eigenvalue weighted by atomic mass is 9.85. The Morgan fingerprint density at radius 2 is 1.64 bits per heavy atom. The van der Waals surface area contributed by atoms with E-state index in [4.69, 9.17) is 4.74 Å². The van der Waals surface area contributed by atoms with Crippen molar-refractivity contribution < 1.29 is 4.74 Å². The molecule has 82 valence electrons. The molecule has 0 bridgehead atoms. The molecule has 2 atom stereocenters. The number of morpholine rings is 1. The van der Waals surface area contributed by atoms with Crippen molar-refractivity contribution in [3.05, 3.63) is 0 Å². The third-order valence-electron chi connectivity index (χ3n) is 3.57. The van der Waals surface area contributed by atoms with Crippen molar-refractivity contribution in [2.75, 3.05) is 39.4 Å². The number of piperidine rings is 1. The van der Waals surface area contributed by atoms with E-state index in [0.717, 1.165) is 44.2 Å². The quantitative estimate of drug-likeness (QED) is 0.666. The lowest BCUT2D eigenvalue weighted by molar-refractivity contribution is -0.0169. The molecule has 2 heterocycles. The van der Waals surface area contributed by atoms with Gasteiger partial charge in [0.25, 0.3) is 0 Å². The number of hydrogen-bond acceptors (Lipinski definition) is 3. The highest BCUT2D eigenvalue weighted by molar-refractivity contribution is 4.88. The van der Waals surface area contributed by atoms with Gasteiger partial charge in [-0.1, -0.05) is 13.8 Å². The maximum absolute atomic E-state index is 5.40. The molecule has 3 nitrogen and oxygen atoms in total. The zero-order valence-electron chi connectivity index (χ0n) is 9.33. The normalized spacial score (nSPS) is 41.1. The number of nitrogens with zero attached hydrogens (tertiary/aromatic N) is 1. The predicted molar refractivity (Wildman–Crippen MR) is 57.4 cm³/mol. The number of hydrogen-bond donors (Lipinski definition) is 1. The average Bonchev–Trinajstić information content (AvgIpc) is 2.19.